The van der Waals surface area contributed by atoms with Crippen molar-refractivity contribution in [1.29, 1.82) is 0 Å². The fourth-order valence-corrected chi connectivity index (χ4v) is 4.09. The molecule has 1 aromatic carbocycles. The molecule has 1 saturated heterocycles. The van der Waals surface area contributed by atoms with E-state index in [-0.39, 0.29) is 23.1 Å². The van der Waals surface area contributed by atoms with E-state index in [1.807, 2.05) is 0 Å². The van der Waals surface area contributed by atoms with Gasteiger partial charge >= 0.3 is 0 Å². The van der Waals surface area contributed by atoms with Crippen molar-refractivity contribution in [3.63, 3.8) is 0 Å². The van der Waals surface area contributed by atoms with Crippen LogP contribution in [0, 0.1) is 5.82 Å². The molecule has 1 aliphatic heterocycles. The Kier molecular flexibility index (Phi) is 4.31. The van der Waals surface area contributed by atoms with Crippen molar-refractivity contribution >= 4 is 10.0 Å². The third-order valence-electron chi connectivity index (χ3n) is 3.74. The van der Waals surface area contributed by atoms with Gasteiger partial charge in [0.15, 0.2) is 17.4 Å². The molecule has 124 valence electrons. The van der Waals surface area contributed by atoms with Crippen LogP contribution in [0.3, 0.4) is 0 Å². The number of nitrogens with zero attached hydrogens (tertiary/aromatic N) is 3. The Morgan fingerprint density at radius 1 is 1.48 bits per heavy atom. The van der Waals surface area contributed by atoms with E-state index in [1.54, 1.807) is 6.92 Å². The van der Waals surface area contributed by atoms with Crippen LogP contribution in [0.25, 0.3) is 0 Å². The lowest BCUT2D eigenvalue weighted by Gasteiger charge is -2.16. The molecule has 0 N–H and O–H groups in total. The first-order valence-corrected chi connectivity index (χ1v) is 8.65. The highest BCUT2D eigenvalue weighted by Crippen LogP contribution is 2.30. The Labute approximate surface area is 133 Å². The topological polar surface area (TPSA) is 85.5 Å². The summed E-state index contributed by atoms with van der Waals surface area (Å²) in [7, 11) is -3.77. The minimum absolute atomic E-state index is 0.0394. The van der Waals surface area contributed by atoms with Crippen molar-refractivity contribution in [2.24, 2.45) is 0 Å². The van der Waals surface area contributed by atoms with Gasteiger partial charge in [-0.05, 0) is 31.5 Å². The van der Waals surface area contributed by atoms with Crippen LogP contribution in [0.15, 0.2) is 34.0 Å². The van der Waals surface area contributed by atoms with Gasteiger partial charge in [-0.3, -0.25) is 0 Å². The second kappa shape index (κ2) is 6.25. The van der Waals surface area contributed by atoms with E-state index < -0.39 is 15.8 Å². The first kappa shape index (κ1) is 15.9. The van der Waals surface area contributed by atoms with Crippen LogP contribution in [0.1, 0.15) is 25.1 Å². The molecular weight excluding hydrogens is 325 g/mol. The van der Waals surface area contributed by atoms with Gasteiger partial charge < -0.3 is 9.26 Å². The molecule has 0 unspecified atom stereocenters. The summed E-state index contributed by atoms with van der Waals surface area (Å²) in [6, 6.07) is 3.67. The number of hydrogen-bond acceptors (Lipinski definition) is 6. The van der Waals surface area contributed by atoms with Crippen LogP contribution in [0.4, 0.5) is 4.39 Å². The Bertz CT molecular complexity index is 779. The summed E-state index contributed by atoms with van der Waals surface area (Å²) in [6.45, 7) is 2.61. The lowest BCUT2D eigenvalue weighted by molar-refractivity contribution is 0.321. The molecule has 1 aromatic heterocycles. The molecular formula is C14H16FN3O4S. The zero-order chi connectivity index (χ0) is 16.4. The van der Waals surface area contributed by atoms with Gasteiger partial charge in [-0.25, -0.2) is 12.8 Å². The van der Waals surface area contributed by atoms with E-state index in [1.165, 1.54) is 22.8 Å². The van der Waals surface area contributed by atoms with Crippen LogP contribution in [-0.2, 0) is 10.0 Å². The SMILES string of the molecule is CCOc1ccc(S(=O)(=O)N2CC[C@H](c3ncon3)C2)cc1F. The highest BCUT2D eigenvalue weighted by Gasteiger charge is 2.35. The summed E-state index contributed by atoms with van der Waals surface area (Å²) < 4.78 is 50.3. The molecule has 0 amide bonds. The molecule has 0 saturated carbocycles. The summed E-state index contributed by atoms with van der Waals surface area (Å²) >= 11 is 0. The number of rotatable bonds is 5. The van der Waals surface area contributed by atoms with E-state index in [9.17, 15) is 12.8 Å². The molecule has 9 heteroatoms. The largest absolute Gasteiger partial charge is 0.491 e. The number of ether oxygens (including phenoxy) is 1. The maximum atomic E-state index is 13.9. The quantitative estimate of drug-likeness (QED) is 0.824. The van der Waals surface area contributed by atoms with Crippen molar-refractivity contribution in [2.75, 3.05) is 19.7 Å². The van der Waals surface area contributed by atoms with Gasteiger partial charge in [0.25, 0.3) is 0 Å². The molecule has 23 heavy (non-hydrogen) atoms. The number of halogens is 1. The third kappa shape index (κ3) is 3.06. The van der Waals surface area contributed by atoms with Crippen LogP contribution in [-0.4, -0.2) is 42.6 Å². The molecule has 0 spiro atoms. The van der Waals surface area contributed by atoms with Gasteiger partial charge in [0.2, 0.25) is 16.4 Å². The molecule has 0 radical (unpaired) electrons. The molecule has 2 heterocycles. The van der Waals surface area contributed by atoms with Crippen LogP contribution in [0.2, 0.25) is 0 Å². The van der Waals surface area contributed by atoms with Crippen LogP contribution >= 0.6 is 0 Å². The van der Waals surface area contributed by atoms with Gasteiger partial charge in [0.1, 0.15) is 0 Å². The Hall–Kier alpha value is -2.00. The van der Waals surface area contributed by atoms with E-state index in [2.05, 4.69) is 10.1 Å². The van der Waals surface area contributed by atoms with E-state index in [0.717, 1.165) is 6.07 Å². The summed E-state index contributed by atoms with van der Waals surface area (Å²) in [6.07, 6.45) is 1.81. The Balaban J connectivity index is 1.81. The zero-order valence-electron chi connectivity index (χ0n) is 12.5. The normalized spacial score (nSPS) is 19.1. The predicted molar refractivity (Wildman–Crippen MR) is 78.0 cm³/mol. The monoisotopic (exact) mass is 341 g/mol. The predicted octanol–water partition coefficient (Wildman–Crippen LogP) is 1.79. The average Bonchev–Trinajstić information content (AvgIpc) is 3.20. The van der Waals surface area contributed by atoms with Crippen molar-refractivity contribution in [3.8, 4) is 5.75 Å². The van der Waals surface area contributed by atoms with Gasteiger partial charge in [0.05, 0.1) is 11.5 Å². The lowest BCUT2D eigenvalue weighted by Crippen LogP contribution is -2.28. The van der Waals surface area contributed by atoms with Crippen molar-refractivity contribution < 1.29 is 22.1 Å². The summed E-state index contributed by atoms with van der Waals surface area (Å²) in [5.41, 5.74) is 0. The zero-order valence-corrected chi connectivity index (χ0v) is 13.3. The molecule has 7 nitrogen and oxygen atoms in total. The smallest absolute Gasteiger partial charge is 0.243 e. The van der Waals surface area contributed by atoms with Crippen molar-refractivity contribution in [3.05, 3.63) is 36.2 Å². The third-order valence-corrected chi connectivity index (χ3v) is 5.60. The summed E-state index contributed by atoms with van der Waals surface area (Å²) in [5, 5.41) is 3.75. The fraction of sp³-hybridized carbons (Fsp3) is 0.429. The minimum atomic E-state index is -3.77. The van der Waals surface area contributed by atoms with E-state index in [0.29, 0.717) is 25.4 Å². The van der Waals surface area contributed by atoms with E-state index in [4.69, 9.17) is 9.26 Å². The van der Waals surface area contributed by atoms with Gasteiger partial charge in [-0.1, -0.05) is 5.16 Å². The standard InChI is InChI=1S/C14H16FN3O4S/c1-2-21-13-4-3-11(7-12(13)15)23(19,20)18-6-5-10(8-18)14-16-9-22-17-14/h3-4,7,9-10H,2,5-6,8H2,1H3/t10-/m0/s1. The fourth-order valence-electron chi connectivity index (χ4n) is 2.58. The van der Waals surface area contributed by atoms with Crippen molar-refractivity contribution in [2.45, 2.75) is 24.2 Å². The van der Waals surface area contributed by atoms with Gasteiger partial charge in [-0.2, -0.15) is 9.29 Å². The van der Waals surface area contributed by atoms with E-state index >= 15 is 0 Å². The first-order chi connectivity index (χ1) is 11.0. The lowest BCUT2D eigenvalue weighted by atomic mass is 10.1. The molecule has 2 aromatic rings. The molecule has 3 rings (SSSR count). The number of hydrogen-bond donors (Lipinski definition) is 0. The first-order valence-electron chi connectivity index (χ1n) is 7.21. The van der Waals surface area contributed by atoms with Crippen LogP contribution < -0.4 is 4.74 Å². The number of aromatic nitrogens is 2. The van der Waals surface area contributed by atoms with Gasteiger partial charge in [0, 0.05) is 19.0 Å². The highest BCUT2D eigenvalue weighted by molar-refractivity contribution is 7.89. The van der Waals surface area contributed by atoms with Crippen LogP contribution in [0.5, 0.6) is 5.75 Å². The Morgan fingerprint density at radius 3 is 2.96 bits per heavy atom. The minimum Gasteiger partial charge on any atom is -0.491 e. The Morgan fingerprint density at radius 2 is 2.30 bits per heavy atom. The molecule has 0 aliphatic carbocycles. The maximum Gasteiger partial charge on any atom is 0.243 e. The molecule has 1 fully saturated rings. The maximum absolute atomic E-state index is 13.9. The highest BCUT2D eigenvalue weighted by atomic mass is 32.2. The number of sulfonamides is 1. The average molecular weight is 341 g/mol. The van der Waals surface area contributed by atoms with Gasteiger partial charge in [-0.15, -0.1) is 0 Å². The summed E-state index contributed by atoms with van der Waals surface area (Å²) in [5.74, 6) is -0.281. The summed E-state index contributed by atoms with van der Waals surface area (Å²) in [4.78, 5) is 3.87. The second-order valence-corrected chi connectivity index (χ2v) is 7.10. The van der Waals surface area contributed by atoms with Crippen molar-refractivity contribution in [1.82, 2.24) is 14.4 Å². The second-order valence-electron chi connectivity index (χ2n) is 5.16. The molecule has 0 bridgehead atoms. The molecule has 1 atom stereocenters. The number of benzene rings is 1. The molecule has 1 aliphatic rings.